The molecule has 4 heteroatoms. The minimum absolute atomic E-state index is 0.0103. The van der Waals surface area contributed by atoms with E-state index in [1.807, 2.05) is 26.0 Å². The normalized spacial score (nSPS) is 10.5. The first-order valence-electron chi connectivity index (χ1n) is 6.80. The zero-order chi connectivity index (χ0) is 15.4. The number of carbonyl (C=O) groups excluding carboxylic acids is 1. The predicted octanol–water partition coefficient (Wildman–Crippen LogP) is 4.17. The summed E-state index contributed by atoms with van der Waals surface area (Å²) >= 11 is 0. The second kappa shape index (κ2) is 6.39. The lowest BCUT2D eigenvalue weighted by Gasteiger charge is -2.15. The van der Waals surface area contributed by atoms with Crippen LogP contribution in [0.15, 0.2) is 42.5 Å². The molecule has 0 heterocycles. The molecule has 2 aromatic rings. The monoisotopic (exact) mass is 287 g/mol. The molecule has 0 aliphatic heterocycles. The molecule has 2 aromatic carbocycles. The van der Waals surface area contributed by atoms with Gasteiger partial charge in [0.2, 0.25) is 0 Å². The van der Waals surface area contributed by atoms with Gasteiger partial charge in [-0.2, -0.15) is 0 Å². The molecule has 0 saturated heterocycles. The second-order valence-corrected chi connectivity index (χ2v) is 5.08. The Morgan fingerprint density at radius 3 is 2.57 bits per heavy atom. The number of para-hydroxylation sites is 2. The molecule has 0 fully saturated rings. The van der Waals surface area contributed by atoms with E-state index < -0.39 is 0 Å². The second-order valence-electron chi connectivity index (χ2n) is 5.08. The van der Waals surface area contributed by atoms with Crippen LogP contribution in [0.5, 0.6) is 5.75 Å². The minimum atomic E-state index is -0.324. The number of hydrogen-bond acceptors (Lipinski definition) is 2. The highest BCUT2D eigenvalue weighted by molar-refractivity contribution is 6.05. The first-order valence-corrected chi connectivity index (χ1v) is 6.80. The third-order valence-electron chi connectivity index (χ3n) is 2.92. The van der Waals surface area contributed by atoms with Gasteiger partial charge in [0.05, 0.1) is 11.8 Å². The van der Waals surface area contributed by atoms with Crippen LogP contribution in [0.3, 0.4) is 0 Å². The summed E-state index contributed by atoms with van der Waals surface area (Å²) in [4.78, 5) is 12.2. The van der Waals surface area contributed by atoms with Crippen molar-refractivity contribution in [2.24, 2.45) is 0 Å². The van der Waals surface area contributed by atoms with Crippen molar-refractivity contribution in [3.63, 3.8) is 0 Å². The van der Waals surface area contributed by atoms with Crippen LogP contribution in [-0.4, -0.2) is 12.0 Å². The van der Waals surface area contributed by atoms with Crippen molar-refractivity contribution in [3.8, 4) is 5.75 Å². The van der Waals surface area contributed by atoms with Gasteiger partial charge in [-0.1, -0.05) is 12.1 Å². The molecule has 1 amide bonds. The molecule has 0 bridgehead atoms. The van der Waals surface area contributed by atoms with Crippen LogP contribution >= 0.6 is 0 Å². The van der Waals surface area contributed by atoms with Crippen LogP contribution in [0.2, 0.25) is 0 Å². The van der Waals surface area contributed by atoms with Gasteiger partial charge in [0.15, 0.2) is 0 Å². The Morgan fingerprint density at radius 2 is 1.90 bits per heavy atom. The molecule has 3 nitrogen and oxygen atoms in total. The van der Waals surface area contributed by atoms with Crippen molar-refractivity contribution in [1.29, 1.82) is 0 Å². The summed E-state index contributed by atoms with van der Waals surface area (Å²) in [5, 5.41) is 2.79. The molecule has 21 heavy (non-hydrogen) atoms. The van der Waals surface area contributed by atoms with E-state index in [4.69, 9.17) is 4.74 Å². The van der Waals surface area contributed by atoms with E-state index in [1.165, 1.54) is 18.2 Å². The lowest BCUT2D eigenvalue weighted by Crippen LogP contribution is -2.14. The number of benzene rings is 2. The van der Waals surface area contributed by atoms with Gasteiger partial charge >= 0.3 is 0 Å². The number of nitrogens with one attached hydrogen (secondary N) is 1. The third kappa shape index (κ3) is 3.81. The molecule has 0 aliphatic carbocycles. The first kappa shape index (κ1) is 15.0. The lowest BCUT2D eigenvalue weighted by atomic mass is 10.1. The predicted molar refractivity (Wildman–Crippen MR) is 81.3 cm³/mol. The summed E-state index contributed by atoms with van der Waals surface area (Å²) in [7, 11) is 0. The Kier molecular flexibility index (Phi) is 4.58. The van der Waals surface area contributed by atoms with Crippen molar-refractivity contribution in [1.82, 2.24) is 0 Å². The van der Waals surface area contributed by atoms with E-state index >= 15 is 0 Å². The average Bonchev–Trinajstić information content (AvgIpc) is 2.43. The van der Waals surface area contributed by atoms with E-state index in [2.05, 4.69) is 5.32 Å². The van der Waals surface area contributed by atoms with Gasteiger partial charge in [0, 0.05) is 5.56 Å². The lowest BCUT2D eigenvalue weighted by molar-refractivity contribution is 0.102. The number of carbonyl (C=O) groups is 1. The summed E-state index contributed by atoms with van der Waals surface area (Å²) in [6.45, 7) is 5.46. The summed E-state index contributed by atoms with van der Waals surface area (Å²) < 4.78 is 18.9. The van der Waals surface area contributed by atoms with Crippen molar-refractivity contribution < 1.29 is 13.9 Å². The quantitative estimate of drug-likeness (QED) is 0.916. The van der Waals surface area contributed by atoms with Gasteiger partial charge in [-0.3, -0.25) is 4.79 Å². The van der Waals surface area contributed by atoms with Gasteiger partial charge in [-0.25, -0.2) is 4.39 Å². The first-order chi connectivity index (χ1) is 9.97. The number of halogens is 1. The number of ether oxygens (including phenoxy) is 1. The zero-order valence-electron chi connectivity index (χ0n) is 12.3. The van der Waals surface area contributed by atoms with Gasteiger partial charge in [-0.05, 0) is 56.7 Å². The topological polar surface area (TPSA) is 38.3 Å². The highest BCUT2D eigenvalue weighted by atomic mass is 19.1. The minimum Gasteiger partial charge on any atom is -0.489 e. The molecule has 0 saturated carbocycles. The van der Waals surface area contributed by atoms with E-state index in [0.29, 0.717) is 22.6 Å². The molecule has 0 atom stereocenters. The summed E-state index contributed by atoms with van der Waals surface area (Å²) in [5.41, 5.74) is 1.45. The SMILES string of the molecule is Cc1cc(C(=O)Nc2ccccc2OC(C)C)ccc1F. The van der Waals surface area contributed by atoms with Crippen LogP contribution in [0.1, 0.15) is 29.8 Å². The number of hydrogen-bond donors (Lipinski definition) is 1. The summed E-state index contributed by atoms with van der Waals surface area (Å²) in [5.74, 6) is -0.00678. The molecule has 110 valence electrons. The average molecular weight is 287 g/mol. The Labute approximate surface area is 123 Å². The van der Waals surface area contributed by atoms with E-state index in [1.54, 1.807) is 19.1 Å². The molecule has 0 aliphatic rings. The standard InChI is InChI=1S/C17H18FNO2/c1-11(2)21-16-7-5-4-6-15(16)19-17(20)13-8-9-14(18)12(3)10-13/h4-11H,1-3H3,(H,19,20). The van der Waals surface area contributed by atoms with Crippen LogP contribution in [0.25, 0.3) is 0 Å². The maximum atomic E-state index is 13.2. The molecule has 0 spiro atoms. The van der Waals surface area contributed by atoms with E-state index in [0.717, 1.165) is 0 Å². The highest BCUT2D eigenvalue weighted by Gasteiger charge is 2.11. The number of anilines is 1. The molecule has 0 radical (unpaired) electrons. The van der Waals surface area contributed by atoms with Crippen molar-refractivity contribution in [2.75, 3.05) is 5.32 Å². The third-order valence-corrected chi connectivity index (χ3v) is 2.92. The number of rotatable bonds is 4. The number of amides is 1. The molecule has 0 unspecified atom stereocenters. The van der Waals surface area contributed by atoms with Crippen LogP contribution < -0.4 is 10.1 Å². The summed E-state index contributed by atoms with van der Waals surface area (Å²) in [6, 6.07) is 11.5. The van der Waals surface area contributed by atoms with E-state index in [-0.39, 0.29) is 17.8 Å². The van der Waals surface area contributed by atoms with Crippen LogP contribution in [0.4, 0.5) is 10.1 Å². The Hall–Kier alpha value is -2.36. The molecular formula is C17H18FNO2. The van der Waals surface area contributed by atoms with Crippen molar-refractivity contribution in [2.45, 2.75) is 26.9 Å². The molecule has 2 rings (SSSR count). The molecule has 0 aromatic heterocycles. The van der Waals surface area contributed by atoms with Gasteiger partial charge in [-0.15, -0.1) is 0 Å². The van der Waals surface area contributed by atoms with Gasteiger partial charge in [0.25, 0.3) is 5.91 Å². The van der Waals surface area contributed by atoms with Crippen LogP contribution in [0, 0.1) is 12.7 Å². The van der Waals surface area contributed by atoms with Crippen molar-refractivity contribution in [3.05, 3.63) is 59.4 Å². The summed E-state index contributed by atoms with van der Waals surface area (Å²) in [6.07, 6.45) is 0.0103. The number of aryl methyl sites for hydroxylation is 1. The molecular weight excluding hydrogens is 269 g/mol. The smallest absolute Gasteiger partial charge is 0.255 e. The van der Waals surface area contributed by atoms with Gasteiger partial charge < -0.3 is 10.1 Å². The fourth-order valence-electron chi connectivity index (χ4n) is 1.91. The highest BCUT2D eigenvalue weighted by Crippen LogP contribution is 2.25. The fourth-order valence-corrected chi connectivity index (χ4v) is 1.91. The Balaban J connectivity index is 2.21. The zero-order valence-corrected chi connectivity index (χ0v) is 12.3. The van der Waals surface area contributed by atoms with Gasteiger partial charge in [0.1, 0.15) is 11.6 Å². The Bertz CT molecular complexity index is 653. The van der Waals surface area contributed by atoms with Crippen LogP contribution in [-0.2, 0) is 0 Å². The maximum absolute atomic E-state index is 13.2. The maximum Gasteiger partial charge on any atom is 0.255 e. The molecule has 1 N–H and O–H groups in total. The largest absolute Gasteiger partial charge is 0.489 e. The van der Waals surface area contributed by atoms with E-state index in [9.17, 15) is 9.18 Å². The van der Waals surface area contributed by atoms with Crippen molar-refractivity contribution >= 4 is 11.6 Å². The Morgan fingerprint density at radius 1 is 1.19 bits per heavy atom. The fraction of sp³-hybridized carbons (Fsp3) is 0.235.